The van der Waals surface area contributed by atoms with E-state index in [-0.39, 0.29) is 35.3 Å². The first-order valence-corrected chi connectivity index (χ1v) is 11.4. The van der Waals surface area contributed by atoms with Gasteiger partial charge in [-0.15, -0.1) is 0 Å². The van der Waals surface area contributed by atoms with Crippen molar-refractivity contribution in [3.8, 4) is 5.75 Å². The van der Waals surface area contributed by atoms with E-state index in [0.29, 0.717) is 36.3 Å². The molecule has 0 atom stereocenters. The molecule has 0 saturated carbocycles. The van der Waals surface area contributed by atoms with Crippen LogP contribution in [0.5, 0.6) is 5.75 Å². The second-order valence-corrected chi connectivity index (χ2v) is 9.04. The largest absolute Gasteiger partial charge is 0.491 e. The maximum Gasteiger partial charge on any atom is 0.319 e. The molecule has 0 spiro atoms. The summed E-state index contributed by atoms with van der Waals surface area (Å²) in [6, 6.07) is 6.62. The van der Waals surface area contributed by atoms with Crippen LogP contribution in [0.25, 0.3) is 0 Å². The van der Waals surface area contributed by atoms with Gasteiger partial charge >= 0.3 is 6.03 Å². The van der Waals surface area contributed by atoms with Crippen LogP contribution in [0.4, 0.5) is 25.0 Å². The van der Waals surface area contributed by atoms with Crippen molar-refractivity contribution in [2.75, 3.05) is 58.7 Å². The number of nitrogens with zero attached hydrogens (tertiary/aromatic N) is 3. The Balaban J connectivity index is 1.67. The molecule has 1 fully saturated rings. The number of anilines is 2. The Kier molecular flexibility index (Phi) is 8.30. The molecule has 3 rings (SSSR count). The van der Waals surface area contributed by atoms with E-state index >= 15 is 0 Å². The zero-order chi connectivity index (χ0) is 24.1. The number of rotatable bonds is 7. The Morgan fingerprint density at radius 2 is 1.82 bits per heavy atom. The number of nitrogens with two attached hydrogens (primary N) is 1. The molecule has 178 valence electrons. The van der Waals surface area contributed by atoms with Gasteiger partial charge in [0.25, 0.3) is 5.91 Å². The number of carbonyl (C=O) groups excluding carboxylic acids is 2. The molecule has 1 aliphatic rings. The van der Waals surface area contributed by atoms with Gasteiger partial charge in [0.15, 0.2) is 0 Å². The first-order chi connectivity index (χ1) is 15.7. The monoisotopic (exact) mass is 573 g/mol. The van der Waals surface area contributed by atoms with Gasteiger partial charge in [0.05, 0.1) is 11.4 Å². The molecule has 0 aromatic heterocycles. The van der Waals surface area contributed by atoms with E-state index in [4.69, 9.17) is 10.5 Å². The standard InChI is InChI=1S/C22H26F2IN5O3/c1-28(2)22(32)30-7-5-29(6-8-30)9-10-33-19-12-14(23)11-18(20(19)21(26)31)27-17-4-3-15(25)13-16(17)24/h3-4,11-13,27H,5-10H2,1-2H3,(H2,26,31). The van der Waals surface area contributed by atoms with Crippen molar-refractivity contribution >= 4 is 45.9 Å². The summed E-state index contributed by atoms with van der Waals surface area (Å²) < 4.78 is 35.0. The van der Waals surface area contributed by atoms with E-state index in [1.807, 2.05) is 22.6 Å². The van der Waals surface area contributed by atoms with Crippen LogP contribution in [0.2, 0.25) is 0 Å². The molecule has 3 amide bonds. The highest BCUT2D eigenvalue weighted by Crippen LogP contribution is 2.31. The van der Waals surface area contributed by atoms with Crippen LogP contribution in [0.1, 0.15) is 10.4 Å². The van der Waals surface area contributed by atoms with E-state index < -0.39 is 17.5 Å². The van der Waals surface area contributed by atoms with Crippen molar-refractivity contribution in [1.29, 1.82) is 0 Å². The van der Waals surface area contributed by atoms with E-state index in [2.05, 4.69) is 10.2 Å². The lowest BCUT2D eigenvalue weighted by Gasteiger charge is -2.35. The number of hydrogen-bond acceptors (Lipinski definition) is 5. The molecule has 2 aromatic rings. The van der Waals surface area contributed by atoms with Crippen LogP contribution in [0, 0.1) is 15.2 Å². The maximum absolute atomic E-state index is 14.3. The first kappa shape index (κ1) is 25.0. The molecule has 0 aliphatic carbocycles. The third-order valence-corrected chi connectivity index (χ3v) is 5.88. The molecule has 11 heteroatoms. The van der Waals surface area contributed by atoms with Crippen molar-refractivity contribution in [2.45, 2.75) is 0 Å². The van der Waals surface area contributed by atoms with Gasteiger partial charge in [-0.25, -0.2) is 13.6 Å². The van der Waals surface area contributed by atoms with E-state index in [0.717, 1.165) is 12.1 Å². The third-order valence-electron chi connectivity index (χ3n) is 5.20. The predicted molar refractivity (Wildman–Crippen MR) is 130 cm³/mol. The molecule has 1 aliphatic heterocycles. The number of primary amides is 1. The second kappa shape index (κ2) is 11.0. The van der Waals surface area contributed by atoms with Gasteiger partial charge in [0, 0.05) is 56.5 Å². The van der Waals surface area contributed by atoms with Gasteiger partial charge < -0.3 is 25.6 Å². The fourth-order valence-electron chi connectivity index (χ4n) is 3.51. The summed E-state index contributed by atoms with van der Waals surface area (Å²) in [4.78, 5) is 29.6. The highest BCUT2D eigenvalue weighted by molar-refractivity contribution is 14.1. The van der Waals surface area contributed by atoms with Gasteiger partial charge in [0.2, 0.25) is 0 Å². The number of carbonyl (C=O) groups is 2. The van der Waals surface area contributed by atoms with Crippen LogP contribution < -0.4 is 15.8 Å². The molecule has 33 heavy (non-hydrogen) atoms. The van der Waals surface area contributed by atoms with Gasteiger partial charge in [-0.05, 0) is 46.9 Å². The lowest BCUT2D eigenvalue weighted by Crippen LogP contribution is -2.52. The maximum atomic E-state index is 14.3. The number of ether oxygens (including phenoxy) is 1. The Bertz CT molecular complexity index is 1030. The highest BCUT2D eigenvalue weighted by Gasteiger charge is 2.23. The molecule has 3 N–H and O–H groups in total. The zero-order valence-corrected chi connectivity index (χ0v) is 20.6. The summed E-state index contributed by atoms with van der Waals surface area (Å²) in [6.07, 6.45) is 0. The topological polar surface area (TPSA) is 91.1 Å². The smallest absolute Gasteiger partial charge is 0.319 e. The Morgan fingerprint density at radius 1 is 1.12 bits per heavy atom. The van der Waals surface area contributed by atoms with Crippen LogP contribution in [0.15, 0.2) is 30.3 Å². The summed E-state index contributed by atoms with van der Waals surface area (Å²) in [5.41, 5.74) is 5.58. The lowest BCUT2D eigenvalue weighted by molar-refractivity contribution is 0.0993. The number of hydrogen-bond donors (Lipinski definition) is 2. The van der Waals surface area contributed by atoms with Gasteiger partial charge in [-0.1, -0.05) is 0 Å². The normalized spacial score (nSPS) is 14.2. The Morgan fingerprint density at radius 3 is 2.42 bits per heavy atom. The average Bonchev–Trinajstić information content (AvgIpc) is 2.75. The summed E-state index contributed by atoms with van der Waals surface area (Å²) in [5.74, 6) is -2.04. The number of urea groups is 1. The van der Waals surface area contributed by atoms with Crippen molar-refractivity contribution in [2.24, 2.45) is 5.73 Å². The summed E-state index contributed by atoms with van der Waals surface area (Å²) in [7, 11) is 3.43. The number of halogens is 3. The van der Waals surface area contributed by atoms with E-state index in [1.54, 1.807) is 30.0 Å². The average molecular weight is 573 g/mol. The van der Waals surface area contributed by atoms with Crippen molar-refractivity contribution in [1.82, 2.24) is 14.7 Å². The van der Waals surface area contributed by atoms with Crippen LogP contribution in [0.3, 0.4) is 0 Å². The van der Waals surface area contributed by atoms with Gasteiger partial charge in [0.1, 0.15) is 29.6 Å². The molecule has 8 nitrogen and oxygen atoms in total. The molecule has 0 unspecified atom stereocenters. The number of benzene rings is 2. The van der Waals surface area contributed by atoms with Crippen molar-refractivity contribution < 1.29 is 23.1 Å². The first-order valence-electron chi connectivity index (χ1n) is 10.3. The minimum Gasteiger partial charge on any atom is -0.491 e. The molecule has 0 radical (unpaired) electrons. The predicted octanol–water partition coefficient (Wildman–Crippen LogP) is 3.09. The molecular weight excluding hydrogens is 547 g/mol. The summed E-state index contributed by atoms with van der Waals surface area (Å²) >= 11 is 1.97. The molecular formula is C22H26F2IN5O3. The van der Waals surface area contributed by atoms with Crippen LogP contribution in [-0.2, 0) is 0 Å². The molecule has 0 bridgehead atoms. The number of piperazine rings is 1. The molecule has 1 heterocycles. The quantitative estimate of drug-likeness (QED) is 0.498. The second-order valence-electron chi connectivity index (χ2n) is 7.79. The molecule has 1 saturated heterocycles. The van der Waals surface area contributed by atoms with Crippen LogP contribution in [-0.4, -0.2) is 80.1 Å². The highest BCUT2D eigenvalue weighted by atomic mass is 127. The fourth-order valence-corrected chi connectivity index (χ4v) is 3.97. The third kappa shape index (κ3) is 6.44. The van der Waals surface area contributed by atoms with E-state index in [1.165, 1.54) is 12.1 Å². The SMILES string of the molecule is CN(C)C(=O)N1CCN(CCOc2cc(F)cc(Nc3ccc(I)cc3F)c2C(N)=O)CC1. The fraction of sp³-hybridized carbons (Fsp3) is 0.364. The van der Waals surface area contributed by atoms with E-state index in [9.17, 15) is 18.4 Å². The van der Waals surface area contributed by atoms with Crippen molar-refractivity contribution in [3.05, 3.63) is 51.1 Å². The Labute approximate surface area is 204 Å². The summed E-state index contributed by atoms with van der Waals surface area (Å²) in [5, 5.41) is 2.74. The molecule has 2 aromatic carbocycles. The minimum absolute atomic E-state index is 0.0164. The Hall–Kier alpha value is -2.67. The van der Waals surface area contributed by atoms with Gasteiger partial charge in [-0.3, -0.25) is 9.69 Å². The summed E-state index contributed by atoms with van der Waals surface area (Å²) in [6.45, 7) is 3.25. The number of amides is 3. The minimum atomic E-state index is -0.825. The van der Waals surface area contributed by atoms with Gasteiger partial charge in [-0.2, -0.15) is 0 Å². The lowest BCUT2D eigenvalue weighted by atomic mass is 10.1. The number of nitrogens with one attached hydrogen (secondary N) is 1. The zero-order valence-electron chi connectivity index (χ0n) is 18.4. The van der Waals surface area contributed by atoms with Crippen molar-refractivity contribution in [3.63, 3.8) is 0 Å². The van der Waals surface area contributed by atoms with Crippen LogP contribution >= 0.6 is 22.6 Å².